The van der Waals surface area contributed by atoms with Crippen molar-refractivity contribution in [3.05, 3.63) is 33.9 Å². The van der Waals surface area contributed by atoms with E-state index in [1.54, 1.807) is 6.92 Å². The van der Waals surface area contributed by atoms with Crippen molar-refractivity contribution in [2.45, 2.75) is 13.0 Å². The lowest BCUT2D eigenvalue weighted by Crippen LogP contribution is -2.57. The van der Waals surface area contributed by atoms with E-state index in [4.69, 9.17) is 0 Å². The Labute approximate surface area is 113 Å². The molecule has 1 saturated heterocycles. The van der Waals surface area contributed by atoms with Gasteiger partial charge < -0.3 is 4.90 Å². The van der Waals surface area contributed by atoms with Crippen molar-refractivity contribution in [2.24, 2.45) is 0 Å². The van der Waals surface area contributed by atoms with Gasteiger partial charge in [0.25, 0.3) is 5.69 Å². The molecule has 104 valence electrons. The molecule has 0 saturated carbocycles. The van der Waals surface area contributed by atoms with Crippen LogP contribution in [0.5, 0.6) is 0 Å². The molecule has 0 bridgehead atoms. The molecule has 0 aromatic heterocycles. The van der Waals surface area contributed by atoms with Crippen molar-refractivity contribution in [3.63, 3.8) is 0 Å². The Morgan fingerprint density at radius 2 is 2.15 bits per heavy atom. The smallest absolute Gasteiger partial charge is 0.293 e. The molecule has 0 aliphatic carbocycles. The van der Waals surface area contributed by atoms with Gasteiger partial charge in [-0.25, -0.2) is 0 Å². The van der Waals surface area contributed by atoms with Crippen molar-refractivity contribution in [1.82, 2.24) is 5.32 Å². The van der Waals surface area contributed by atoms with Gasteiger partial charge in [0.15, 0.2) is 0 Å². The van der Waals surface area contributed by atoms with Crippen LogP contribution in [0.25, 0.3) is 0 Å². The van der Waals surface area contributed by atoms with Crippen LogP contribution in [-0.2, 0) is 9.59 Å². The first-order valence-corrected chi connectivity index (χ1v) is 5.78. The van der Waals surface area contributed by atoms with Crippen molar-refractivity contribution >= 4 is 29.5 Å². The van der Waals surface area contributed by atoms with E-state index in [0.717, 1.165) is 6.07 Å². The Bertz CT molecular complexity index is 613. The molecule has 0 radical (unpaired) electrons. The van der Waals surface area contributed by atoms with Crippen LogP contribution in [0.4, 0.5) is 11.4 Å². The Morgan fingerprint density at radius 1 is 1.45 bits per heavy atom. The highest BCUT2D eigenvalue weighted by atomic mass is 16.6. The zero-order valence-corrected chi connectivity index (χ0v) is 10.5. The Kier molecular flexibility index (Phi) is 3.47. The second-order valence-corrected chi connectivity index (χ2v) is 4.34. The van der Waals surface area contributed by atoms with Gasteiger partial charge in [-0.3, -0.25) is 29.8 Å². The van der Waals surface area contributed by atoms with E-state index in [1.807, 2.05) is 0 Å². The van der Waals surface area contributed by atoms with Gasteiger partial charge in [-0.15, -0.1) is 0 Å². The first kappa shape index (κ1) is 13.7. The second kappa shape index (κ2) is 5.08. The van der Waals surface area contributed by atoms with E-state index in [-0.39, 0.29) is 23.5 Å². The first-order valence-electron chi connectivity index (χ1n) is 5.78. The zero-order valence-electron chi connectivity index (χ0n) is 10.5. The van der Waals surface area contributed by atoms with Gasteiger partial charge in [-0.05, 0) is 19.1 Å². The molecule has 8 nitrogen and oxygen atoms in total. The normalized spacial score (nSPS) is 18.6. The predicted molar refractivity (Wildman–Crippen MR) is 68.4 cm³/mol. The molecular weight excluding hydrogens is 266 g/mol. The Balaban J connectivity index is 2.50. The lowest BCUT2D eigenvalue weighted by molar-refractivity contribution is -0.384. The minimum absolute atomic E-state index is 0.135. The van der Waals surface area contributed by atoms with Crippen LogP contribution in [0.2, 0.25) is 0 Å². The van der Waals surface area contributed by atoms with Crippen LogP contribution in [0.3, 0.4) is 0 Å². The third kappa shape index (κ3) is 2.35. The van der Waals surface area contributed by atoms with Gasteiger partial charge in [0.1, 0.15) is 18.0 Å². The number of nitrogens with zero attached hydrogens (tertiary/aromatic N) is 2. The summed E-state index contributed by atoms with van der Waals surface area (Å²) in [6.45, 7) is 1.38. The highest BCUT2D eigenvalue weighted by Crippen LogP contribution is 2.31. The third-order valence-corrected chi connectivity index (χ3v) is 3.07. The summed E-state index contributed by atoms with van der Waals surface area (Å²) in [6.07, 6.45) is 0.494. The summed E-state index contributed by atoms with van der Waals surface area (Å²) in [5.74, 6) is -1.04. The highest BCUT2D eigenvalue weighted by Gasteiger charge is 2.33. The Hall–Kier alpha value is -2.77. The number of anilines is 1. The number of hydrogen-bond acceptors (Lipinski definition) is 6. The molecule has 1 aliphatic heterocycles. The fraction of sp³-hybridized carbons (Fsp3) is 0.250. The van der Waals surface area contributed by atoms with Crippen LogP contribution in [0.1, 0.15) is 17.3 Å². The number of carbonyl (C=O) groups is 3. The van der Waals surface area contributed by atoms with Gasteiger partial charge >= 0.3 is 0 Å². The van der Waals surface area contributed by atoms with Crippen molar-refractivity contribution in [1.29, 1.82) is 0 Å². The predicted octanol–water partition coefficient (Wildman–Crippen LogP) is 0.259. The number of piperazine rings is 1. The minimum Gasteiger partial charge on any atom is -0.345 e. The lowest BCUT2D eigenvalue weighted by Gasteiger charge is -2.33. The number of benzene rings is 1. The summed E-state index contributed by atoms with van der Waals surface area (Å²) in [5.41, 5.74) is -0.0267. The highest BCUT2D eigenvalue weighted by molar-refractivity contribution is 6.05. The molecule has 1 atom stereocenters. The van der Waals surface area contributed by atoms with Crippen LogP contribution >= 0.6 is 0 Å². The summed E-state index contributed by atoms with van der Waals surface area (Å²) in [4.78, 5) is 45.5. The summed E-state index contributed by atoms with van der Waals surface area (Å²) in [7, 11) is 0. The van der Waals surface area contributed by atoms with Crippen molar-refractivity contribution < 1.29 is 19.3 Å². The molecule has 1 N–H and O–H groups in total. The standard InChI is InChI=1S/C12H11N3O5/c1-7-12(18)13-11(17)5-14(7)9-3-2-8(6-16)4-10(9)15(19)20/h2-4,6-7H,5H2,1H3,(H,13,17,18). The van der Waals surface area contributed by atoms with E-state index in [1.165, 1.54) is 17.0 Å². The number of imide groups is 1. The molecule has 1 aromatic carbocycles. The van der Waals surface area contributed by atoms with Crippen molar-refractivity contribution in [2.75, 3.05) is 11.4 Å². The lowest BCUT2D eigenvalue weighted by atomic mass is 10.1. The van der Waals surface area contributed by atoms with Crippen LogP contribution in [0, 0.1) is 10.1 Å². The topological polar surface area (TPSA) is 110 Å². The maximum atomic E-state index is 11.6. The Morgan fingerprint density at radius 3 is 2.75 bits per heavy atom. The third-order valence-electron chi connectivity index (χ3n) is 3.07. The van der Waals surface area contributed by atoms with E-state index < -0.39 is 22.8 Å². The average molecular weight is 277 g/mol. The van der Waals surface area contributed by atoms with Gasteiger partial charge in [-0.1, -0.05) is 0 Å². The molecule has 1 unspecified atom stereocenters. The second-order valence-electron chi connectivity index (χ2n) is 4.34. The summed E-state index contributed by atoms with van der Waals surface area (Å²) in [5, 5.41) is 13.2. The molecular formula is C12H11N3O5. The van der Waals surface area contributed by atoms with Gasteiger partial charge in [0.05, 0.1) is 11.5 Å². The first-order chi connectivity index (χ1) is 9.43. The number of nitro benzene ring substituents is 1. The summed E-state index contributed by atoms with van der Waals surface area (Å²) >= 11 is 0. The zero-order chi connectivity index (χ0) is 14.9. The fourth-order valence-corrected chi connectivity index (χ4v) is 2.01. The van der Waals surface area contributed by atoms with E-state index in [0.29, 0.717) is 6.29 Å². The largest absolute Gasteiger partial charge is 0.345 e. The maximum Gasteiger partial charge on any atom is 0.293 e. The van der Waals surface area contributed by atoms with Crippen molar-refractivity contribution in [3.8, 4) is 0 Å². The van der Waals surface area contributed by atoms with E-state index in [9.17, 15) is 24.5 Å². The number of aldehydes is 1. The minimum atomic E-state index is -0.714. The van der Waals surface area contributed by atoms with E-state index >= 15 is 0 Å². The number of nitrogens with one attached hydrogen (secondary N) is 1. The molecule has 1 aliphatic rings. The summed E-state index contributed by atoms with van der Waals surface area (Å²) in [6, 6.07) is 3.17. The molecule has 1 heterocycles. The average Bonchev–Trinajstić information content (AvgIpc) is 2.42. The number of carbonyl (C=O) groups excluding carboxylic acids is 3. The molecule has 1 fully saturated rings. The quantitative estimate of drug-likeness (QED) is 0.367. The molecule has 2 amide bonds. The van der Waals surface area contributed by atoms with E-state index in [2.05, 4.69) is 5.32 Å². The molecule has 0 spiro atoms. The monoisotopic (exact) mass is 277 g/mol. The number of amides is 2. The molecule has 1 aromatic rings. The number of rotatable bonds is 3. The fourth-order valence-electron chi connectivity index (χ4n) is 2.01. The van der Waals surface area contributed by atoms with Gasteiger partial charge in [0.2, 0.25) is 11.8 Å². The van der Waals surface area contributed by atoms with Crippen LogP contribution in [0.15, 0.2) is 18.2 Å². The van der Waals surface area contributed by atoms with Gasteiger partial charge in [0, 0.05) is 11.6 Å². The number of hydrogen-bond donors (Lipinski definition) is 1. The van der Waals surface area contributed by atoms with Gasteiger partial charge in [-0.2, -0.15) is 0 Å². The SMILES string of the molecule is CC1C(=O)NC(=O)CN1c1ccc(C=O)cc1[N+](=O)[O-]. The number of nitro groups is 1. The molecule has 8 heteroatoms. The molecule has 2 rings (SSSR count). The van der Waals surface area contributed by atoms with Crippen LogP contribution in [-0.4, -0.2) is 35.6 Å². The van der Waals surface area contributed by atoms with Crippen LogP contribution < -0.4 is 10.2 Å². The molecule has 20 heavy (non-hydrogen) atoms. The summed E-state index contributed by atoms with van der Waals surface area (Å²) < 4.78 is 0. The maximum absolute atomic E-state index is 11.6.